The van der Waals surface area contributed by atoms with Crippen molar-refractivity contribution in [3.63, 3.8) is 0 Å². The van der Waals surface area contributed by atoms with Crippen LogP contribution in [0.1, 0.15) is 29.9 Å². The smallest absolute Gasteiger partial charge is 0.270 e. The van der Waals surface area contributed by atoms with Crippen LogP contribution in [-0.2, 0) is 11.3 Å². The third-order valence-corrected chi connectivity index (χ3v) is 5.06. The lowest BCUT2D eigenvalue weighted by molar-refractivity contribution is -0.0588. The Kier molecular flexibility index (Phi) is 4.63. The fraction of sp³-hybridized carbons (Fsp3) is 0.350. The minimum atomic E-state index is 0.0189. The molecule has 1 aromatic carbocycles. The van der Waals surface area contributed by atoms with Crippen LogP contribution < -0.4 is 0 Å². The lowest BCUT2D eigenvalue weighted by Crippen LogP contribution is -2.48. The second kappa shape index (κ2) is 6.93. The third-order valence-electron chi connectivity index (χ3n) is 4.67. The van der Waals surface area contributed by atoms with Crippen molar-refractivity contribution < 1.29 is 13.9 Å². The molecule has 0 spiro atoms. The molecule has 2 aromatic heterocycles. The largest absolute Gasteiger partial charge is 0.448 e. The van der Waals surface area contributed by atoms with Crippen LogP contribution in [0.25, 0.3) is 11.1 Å². The van der Waals surface area contributed by atoms with E-state index in [4.69, 9.17) is 9.15 Å². The second-order valence-corrected chi connectivity index (χ2v) is 7.65. The Bertz CT molecular complexity index is 921. The van der Waals surface area contributed by atoms with Gasteiger partial charge in [0.05, 0.1) is 17.7 Å². The number of halogens is 1. The minimum absolute atomic E-state index is 0.0189. The van der Waals surface area contributed by atoms with Crippen molar-refractivity contribution in [1.82, 2.24) is 9.47 Å². The van der Waals surface area contributed by atoms with Gasteiger partial charge in [-0.2, -0.15) is 0 Å². The van der Waals surface area contributed by atoms with Crippen LogP contribution in [0.5, 0.6) is 0 Å². The number of carbonyl (C=O) groups excluding carboxylic acids is 1. The molecule has 1 aliphatic heterocycles. The molecule has 5 nitrogen and oxygen atoms in total. The highest BCUT2D eigenvalue weighted by molar-refractivity contribution is 9.10. The summed E-state index contributed by atoms with van der Waals surface area (Å²) in [6.07, 6.45) is 0.0785. The molecule has 2 unspecified atom stereocenters. The average Bonchev–Trinajstić information content (AvgIpc) is 3.11. The normalized spacial score (nSPS) is 20.7. The number of rotatable bonds is 3. The Hall–Kier alpha value is -2.05. The number of nitrogens with zero attached hydrogens (tertiary/aromatic N) is 2. The quantitative estimate of drug-likeness (QED) is 0.639. The summed E-state index contributed by atoms with van der Waals surface area (Å²) in [5.41, 5.74) is 3.42. The first-order valence-electron chi connectivity index (χ1n) is 8.78. The molecule has 0 radical (unpaired) electrons. The van der Waals surface area contributed by atoms with Crippen molar-refractivity contribution in [2.24, 2.45) is 0 Å². The van der Waals surface area contributed by atoms with Crippen molar-refractivity contribution in [3.8, 4) is 0 Å². The molecule has 136 valence electrons. The summed E-state index contributed by atoms with van der Waals surface area (Å²) in [6, 6.07) is 13.9. The molecule has 4 rings (SSSR count). The van der Waals surface area contributed by atoms with Gasteiger partial charge in [-0.3, -0.25) is 4.79 Å². The molecule has 0 N–H and O–H groups in total. The summed E-state index contributed by atoms with van der Waals surface area (Å²) in [5, 5.41) is 0. The predicted molar refractivity (Wildman–Crippen MR) is 103 cm³/mol. The molecule has 1 fully saturated rings. The Morgan fingerprint density at radius 3 is 2.54 bits per heavy atom. The molecule has 1 aliphatic rings. The fourth-order valence-electron chi connectivity index (χ4n) is 3.63. The van der Waals surface area contributed by atoms with Crippen molar-refractivity contribution in [3.05, 3.63) is 58.4 Å². The number of aromatic nitrogens is 1. The second-order valence-electron chi connectivity index (χ2n) is 6.87. The highest BCUT2D eigenvalue weighted by Crippen LogP contribution is 2.29. The van der Waals surface area contributed by atoms with Gasteiger partial charge >= 0.3 is 0 Å². The van der Waals surface area contributed by atoms with Crippen LogP contribution >= 0.6 is 15.9 Å². The molecule has 6 heteroatoms. The fourth-order valence-corrected chi connectivity index (χ4v) is 4.02. The lowest BCUT2D eigenvalue weighted by Gasteiger charge is -2.35. The Labute approximate surface area is 160 Å². The lowest BCUT2D eigenvalue weighted by atomic mass is 10.2. The van der Waals surface area contributed by atoms with Crippen molar-refractivity contribution in [1.29, 1.82) is 0 Å². The number of morpholine rings is 1. The highest BCUT2D eigenvalue weighted by atomic mass is 79.9. The molecular formula is C20H21BrN2O3. The molecule has 3 aromatic rings. The maximum Gasteiger partial charge on any atom is 0.270 e. The van der Waals surface area contributed by atoms with Gasteiger partial charge in [-0.25, -0.2) is 0 Å². The van der Waals surface area contributed by atoms with E-state index in [2.05, 4.69) is 28.1 Å². The Morgan fingerprint density at radius 1 is 1.15 bits per heavy atom. The number of carbonyl (C=O) groups is 1. The van der Waals surface area contributed by atoms with Crippen LogP contribution in [-0.4, -0.2) is 40.7 Å². The van der Waals surface area contributed by atoms with Gasteiger partial charge in [0.15, 0.2) is 10.3 Å². The number of fused-ring (bicyclic) bond motifs is 1. The van der Waals surface area contributed by atoms with E-state index < -0.39 is 0 Å². The predicted octanol–water partition coefficient (Wildman–Crippen LogP) is 4.29. The molecule has 1 saturated heterocycles. The van der Waals surface area contributed by atoms with E-state index in [1.807, 2.05) is 53.6 Å². The zero-order valence-electron chi connectivity index (χ0n) is 14.8. The summed E-state index contributed by atoms with van der Waals surface area (Å²) in [5.74, 6) is 0.0189. The first-order chi connectivity index (χ1) is 12.5. The van der Waals surface area contributed by atoms with Gasteiger partial charge < -0.3 is 18.6 Å². The van der Waals surface area contributed by atoms with E-state index in [0.29, 0.717) is 35.6 Å². The topological polar surface area (TPSA) is 47.6 Å². The molecule has 0 bridgehead atoms. The van der Waals surface area contributed by atoms with E-state index in [9.17, 15) is 4.79 Å². The summed E-state index contributed by atoms with van der Waals surface area (Å²) in [4.78, 5) is 15.1. The zero-order chi connectivity index (χ0) is 18.3. The van der Waals surface area contributed by atoms with Gasteiger partial charge in [-0.15, -0.1) is 0 Å². The molecule has 0 aliphatic carbocycles. The number of amides is 1. The zero-order valence-corrected chi connectivity index (χ0v) is 16.4. The van der Waals surface area contributed by atoms with Gasteiger partial charge in [-0.1, -0.05) is 30.3 Å². The monoisotopic (exact) mass is 416 g/mol. The number of furan rings is 1. The Balaban J connectivity index is 1.73. The van der Waals surface area contributed by atoms with Crippen molar-refractivity contribution in [2.75, 3.05) is 13.1 Å². The van der Waals surface area contributed by atoms with Gasteiger partial charge in [0.1, 0.15) is 5.69 Å². The Morgan fingerprint density at radius 2 is 1.85 bits per heavy atom. The summed E-state index contributed by atoms with van der Waals surface area (Å²) in [7, 11) is 0. The molecular weight excluding hydrogens is 396 g/mol. The van der Waals surface area contributed by atoms with E-state index in [0.717, 1.165) is 11.1 Å². The van der Waals surface area contributed by atoms with E-state index in [1.54, 1.807) is 0 Å². The number of benzene rings is 1. The molecule has 26 heavy (non-hydrogen) atoms. The number of ether oxygens (including phenoxy) is 1. The van der Waals surface area contributed by atoms with E-state index in [-0.39, 0.29) is 18.1 Å². The molecule has 1 amide bonds. The highest BCUT2D eigenvalue weighted by Gasteiger charge is 2.29. The molecule has 0 saturated carbocycles. The summed E-state index contributed by atoms with van der Waals surface area (Å²) < 4.78 is 14.2. The van der Waals surface area contributed by atoms with Crippen LogP contribution in [0.4, 0.5) is 0 Å². The number of hydrogen-bond acceptors (Lipinski definition) is 3. The first-order valence-corrected chi connectivity index (χ1v) is 9.58. The molecule has 3 heterocycles. The first kappa shape index (κ1) is 17.4. The van der Waals surface area contributed by atoms with Gasteiger partial charge in [-0.05, 0) is 35.3 Å². The van der Waals surface area contributed by atoms with E-state index >= 15 is 0 Å². The van der Waals surface area contributed by atoms with Gasteiger partial charge in [0.2, 0.25) is 0 Å². The molecule has 2 atom stereocenters. The van der Waals surface area contributed by atoms with Gasteiger partial charge in [0, 0.05) is 31.8 Å². The SMILES string of the molecule is CC1CN(C(=O)c2cc3oc(Br)cc3n2Cc2ccccc2)CC(C)O1. The summed E-state index contributed by atoms with van der Waals surface area (Å²) in [6.45, 7) is 5.83. The van der Waals surface area contributed by atoms with Crippen LogP contribution in [0.15, 0.2) is 51.6 Å². The van der Waals surface area contributed by atoms with Gasteiger partial charge in [0.25, 0.3) is 5.91 Å². The minimum Gasteiger partial charge on any atom is -0.448 e. The third kappa shape index (κ3) is 3.31. The van der Waals surface area contributed by atoms with Crippen LogP contribution in [0.3, 0.4) is 0 Å². The van der Waals surface area contributed by atoms with Crippen molar-refractivity contribution in [2.45, 2.75) is 32.6 Å². The van der Waals surface area contributed by atoms with Crippen LogP contribution in [0, 0.1) is 0 Å². The maximum atomic E-state index is 13.3. The average molecular weight is 417 g/mol. The van der Waals surface area contributed by atoms with E-state index in [1.165, 1.54) is 0 Å². The number of hydrogen-bond donors (Lipinski definition) is 0. The maximum absolute atomic E-state index is 13.3. The van der Waals surface area contributed by atoms with Crippen LogP contribution in [0.2, 0.25) is 0 Å². The van der Waals surface area contributed by atoms with Crippen molar-refractivity contribution >= 4 is 32.9 Å². The standard InChI is InChI=1S/C20H21BrN2O3/c1-13-10-22(11-14(2)25-13)20(24)17-8-18-16(9-19(21)26-18)23(17)12-15-6-4-3-5-7-15/h3-9,13-14H,10-12H2,1-2H3. The summed E-state index contributed by atoms with van der Waals surface area (Å²) >= 11 is 3.39.